The highest BCUT2D eigenvalue weighted by Crippen LogP contribution is 2.18. The maximum Gasteiger partial charge on any atom is 0.126 e. The van der Waals surface area contributed by atoms with Gasteiger partial charge in [0, 0.05) is 19.6 Å². The Morgan fingerprint density at radius 1 is 1.40 bits per heavy atom. The highest BCUT2D eigenvalue weighted by molar-refractivity contribution is 6.31. The van der Waals surface area contributed by atoms with E-state index in [4.69, 9.17) is 16.3 Å². The molecular formula is C15H26ClN3O. The Labute approximate surface area is 127 Å². The molecule has 0 aliphatic carbocycles. The molecule has 0 amide bonds. The van der Waals surface area contributed by atoms with Crippen molar-refractivity contribution in [1.29, 1.82) is 0 Å². The third-order valence-corrected chi connectivity index (χ3v) is 3.16. The van der Waals surface area contributed by atoms with Crippen molar-refractivity contribution in [3.63, 3.8) is 0 Å². The Hall–Kier alpha value is -0.840. The molecule has 0 aromatic carbocycles. The van der Waals surface area contributed by atoms with Crippen LogP contribution in [-0.4, -0.2) is 42.7 Å². The smallest absolute Gasteiger partial charge is 0.126 e. The number of hydrogen-bond acceptors (Lipinski definition) is 4. The normalized spacial score (nSPS) is 11.3. The summed E-state index contributed by atoms with van der Waals surface area (Å²) >= 11 is 6.21. The number of likely N-dealkylation sites (N-methyl/N-ethyl adjacent to an activating group) is 1. The fourth-order valence-electron chi connectivity index (χ4n) is 1.73. The van der Waals surface area contributed by atoms with E-state index in [-0.39, 0.29) is 6.10 Å². The Bertz CT molecular complexity index is 399. The van der Waals surface area contributed by atoms with E-state index in [9.17, 15) is 0 Å². The van der Waals surface area contributed by atoms with Crippen molar-refractivity contribution >= 4 is 17.4 Å². The monoisotopic (exact) mass is 299 g/mol. The molecule has 1 N–H and O–H groups in total. The molecular weight excluding hydrogens is 274 g/mol. The summed E-state index contributed by atoms with van der Waals surface area (Å²) in [4.78, 5) is 6.73. The van der Waals surface area contributed by atoms with Crippen LogP contribution in [0.5, 0.6) is 0 Å². The van der Waals surface area contributed by atoms with Gasteiger partial charge in [-0.3, -0.25) is 4.90 Å². The number of halogens is 1. The first-order valence-electron chi connectivity index (χ1n) is 7.22. The summed E-state index contributed by atoms with van der Waals surface area (Å²) in [5.74, 6) is 0.887. The van der Waals surface area contributed by atoms with Crippen LogP contribution >= 0.6 is 11.6 Å². The van der Waals surface area contributed by atoms with Crippen LogP contribution in [-0.2, 0) is 11.3 Å². The lowest BCUT2D eigenvalue weighted by Crippen LogP contribution is -2.24. The molecule has 0 aliphatic rings. The number of anilines is 1. The Balaban J connectivity index is 2.52. The van der Waals surface area contributed by atoms with E-state index >= 15 is 0 Å². The van der Waals surface area contributed by atoms with Crippen molar-refractivity contribution in [3.05, 3.63) is 22.8 Å². The van der Waals surface area contributed by atoms with Gasteiger partial charge in [-0.05, 0) is 39.4 Å². The van der Waals surface area contributed by atoms with Gasteiger partial charge in [-0.25, -0.2) is 4.98 Å². The summed E-state index contributed by atoms with van der Waals surface area (Å²) in [5, 5.41) is 3.99. The first-order valence-corrected chi connectivity index (χ1v) is 7.60. The number of hydrogen-bond donors (Lipinski definition) is 1. The zero-order chi connectivity index (χ0) is 15.0. The molecule has 1 aromatic heterocycles. The van der Waals surface area contributed by atoms with Crippen LogP contribution in [0.1, 0.15) is 32.9 Å². The van der Waals surface area contributed by atoms with Gasteiger partial charge in [0.15, 0.2) is 0 Å². The molecule has 5 heteroatoms. The predicted octanol–water partition coefficient (Wildman–Crippen LogP) is 3.41. The van der Waals surface area contributed by atoms with Crippen LogP contribution in [0, 0.1) is 0 Å². The molecule has 0 bridgehead atoms. The third kappa shape index (κ3) is 6.55. The number of ether oxygens (including phenoxy) is 1. The van der Waals surface area contributed by atoms with Crippen molar-refractivity contribution in [2.45, 2.75) is 39.8 Å². The van der Waals surface area contributed by atoms with E-state index in [1.54, 1.807) is 0 Å². The fourth-order valence-corrected chi connectivity index (χ4v) is 1.89. The van der Waals surface area contributed by atoms with Crippen molar-refractivity contribution < 1.29 is 4.74 Å². The van der Waals surface area contributed by atoms with Crippen LogP contribution < -0.4 is 5.32 Å². The molecule has 1 aromatic rings. The lowest BCUT2D eigenvalue weighted by atomic mass is 10.3. The standard InChI is InChI=1S/C15H26ClN3O/c1-5-8-17-15-7-6-13(16)14(18-15)11-19(4)9-10-20-12(2)3/h6-7,12H,5,8-11H2,1-4H3,(H,17,18). The minimum absolute atomic E-state index is 0.270. The van der Waals surface area contributed by atoms with E-state index in [0.717, 1.165) is 44.2 Å². The summed E-state index contributed by atoms with van der Waals surface area (Å²) < 4.78 is 5.55. The van der Waals surface area contributed by atoms with Crippen LogP contribution in [0.25, 0.3) is 0 Å². The highest BCUT2D eigenvalue weighted by Gasteiger charge is 2.08. The second kappa shape index (κ2) is 9.16. The van der Waals surface area contributed by atoms with E-state index in [1.807, 2.05) is 33.0 Å². The van der Waals surface area contributed by atoms with Gasteiger partial charge in [-0.15, -0.1) is 0 Å². The molecule has 1 rings (SSSR count). The number of aromatic nitrogens is 1. The SMILES string of the molecule is CCCNc1ccc(Cl)c(CN(C)CCOC(C)C)n1. The second-order valence-corrected chi connectivity index (χ2v) is 5.62. The third-order valence-electron chi connectivity index (χ3n) is 2.82. The summed E-state index contributed by atoms with van der Waals surface area (Å²) in [6, 6.07) is 3.82. The first-order chi connectivity index (χ1) is 9.52. The lowest BCUT2D eigenvalue weighted by Gasteiger charge is -2.18. The number of rotatable bonds is 9. The second-order valence-electron chi connectivity index (χ2n) is 5.21. The fraction of sp³-hybridized carbons (Fsp3) is 0.667. The van der Waals surface area contributed by atoms with Crippen LogP contribution in [0.4, 0.5) is 5.82 Å². The van der Waals surface area contributed by atoms with Crippen LogP contribution in [0.2, 0.25) is 5.02 Å². The summed E-state index contributed by atoms with van der Waals surface area (Å²) in [6.45, 7) is 9.45. The Morgan fingerprint density at radius 2 is 2.15 bits per heavy atom. The average Bonchev–Trinajstić information content (AvgIpc) is 2.39. The zero-order valence-electron chi connectivity index (χ0n) is 12.9. The average molecular weight is 300 g/mol. The van der Waals surface area contributed by atoms with E-state index in [0.29, 0.717) is 5.02 Å². The van der Waals surface area contributed by atoms with Gasteiger partial charge in [0.2, 0.25) is 0 Å². The minimum atomic E-state index is 0.270. The molecule has 0 aliphatic heterocycles. The number of nitrogens with zero attached hydrogens (tertiary/aromatic N) is 2. The molecule has 0 radical (unpaired) electrons. The van der Waals surface area contributed by atoms with Crippen molar-refractivity contribution in [3.8, 4) is 0 Å². The van der Waals surface area contributed by atoms with Gasteiger partial charge in [0.25, 0.3) is 0 Å². The summed E-state index contributed by atoms with van der Waals surface area (Å²) in [5.41, 5.74) is 0.903. The molecule has 1 heterocycles. The van der Waals surface area contributed by atoms with Gasteiger partial charge >= 0.3 is 0 Å². The predicted molar refractivity (Wildman–Crippen MR) is 85.4 cm³/mol. The first kappa shape index (κ1) is 17.2. The summed E-state index contributed by atoms with van der Waals surface area (Å²) in [6.07, 6.45) is 1.35. The molecule has 0 atom stereocenters. The highest BCUT2D eigenvalue weighted by atomic mass is 35.5. The molecule has 4 nitrogen and oxygen atoms in total. The van der Waals surface area contributed by atoms with Gasteiger partial charge < -0.3 is 10.1 Å². The molecule has 20 heavy (non-hydrogen) atoms. The maximum absolute atomic E-state index is 6.21. The van der Waals surface area contributed by atoms with E-state index < -0.39 is 0 Å². The van der Waals surface area contributed by atoms with Crippen molar-refractivity contribution in [1.82, 2.24) is 9.88 Å². The molecule has 0 unspecified atom stereocenters. The molecule has 0 fully saturated rings. The number of nitrogens with one attached hydrogen (secondary N) is 1. The molecule has 0 spiro atoms. The molecule has 0 saturated carbocycles. The van der Waals surface area contributed by atoms with Gasteiger partial charge in [0.05, 0.1) is 23.4 Å². The number of pyridine rings is 1. The minimum Gasteiger partial charge on any atom is -0.377 e. The van der Waals surface area contributed by atoms with Crippen molar-refractivity contribution in [2.24, 2.45) is 0 Å². The Kier molecular flexibility index (Phi) is 7.88. The van der Waals surface area contributed by atoms with Crippen LogP contribution in [0.15, 0.2) is 12.1 Å². The quantitative estimate of drug-likeness (QED) is 0.758. The van der Waals surface area contributed by atoms with Crippen molar-refractivity contribution in [2.75, 3.05) is 32.1 Å². The Morgan fingerprint density at radius 3 is 2.80 bits per heavy atom. The topological polar surface area (TPSA) is 37.4 Å². The van der Waals surface area contributed by atoms with Gasteiger partial charge in [0.1, 0.15) is 5.82 Å². The van der Waals surface area contributed by atoms with Gasteiger partial charge in [-0.1, -0.05) is 18.5 Å². The van der Waals surface area contributed by atoms with Crippen LogP contribution in [0.3, 0.4) is 0 Å². The van der Waals surface area contributed by atoms with Gasteiger partial charge in [-0.2, -0.15) is 0 Å². The lowest BCUT2D eigenvalue weighted by molar-refractivity contribution is 0.0625. The van der Waals surface area contributed by atoms with E-state index in [2.05, 4.69) is 22.1 Å². The largest absolute Gasteiger partial charge is 0.377 e. The van der Waals surface area contributed by atoms with E-state index in [1.165, 1.54) is 0 Å². The summed E-state index contributed by atoms with van der Waals surface area (Å²) in [7, 11) is 2.05. The molecule has 114 valence electrons. The zero-order valence-corrected chi connectivity index (χ0v) is 13.7. The maximum atomic E-state index is 6.21. The molecule has 0 saturated heterocycles.